The van der Waals surface area contributed by atoms with Crippen LogP contribution in [0.25, 0.3) is 11.0 Å². The van der Waals surface area contributed by atoms with Crippen molar-refractivity contribution in [3.8, 4) is 0 Å². The maximum absolute atomic E-state index is 6.36. The molecule has 2 heterocycles. The van der Waals surface area contributed by atoms with Crippen molar-refractivity contribution in [2.75, 3.05) is 20.2 Å². The van der Waals surface area contributed by atoms with E-state index in [0.717, 1.165) is 35.9 Å². The fourth-order valence-corrected chi connectivity index (χ4v) is 3.02. The minimum Gasteiger partial charge on any atom is -0.458 e. The molecule has 0 saturated heterocycles. The van der Waals surface area contributed by atoms with Gasteiger partial charge in [0, 0.05) is 29.1 Å². The fourth-order valence-electron chi connectivity index (χ4n) is 2.77. The summed E-state index contributed by atoms with van der Waals surface area (Å²) in [7, 11) is 2.12. The van der Waals surface area contributed by atoms with Crippen LogP contribution in [0.5, 0.6) is 0 Å². The van der Waals surface area contributed by atoms with Gasteiger partial charge in [-0.25, -0.2) is 0 Å². The smallest absolute Gasteiger partial charge is 0.135 e. The molecular weight excluding hydrogens is 309 g/mol. The second kappa shape index (κ2) is 6.84. The first-order chi connectivity index (χ1) is 9.70. The normalized spacial score (nSPS) is 14.8. The molecule has 1 aliphatic rings. The van der Waals surface area contributed by atoms with Crippen LogP contribution >= 0.6 is 24.0 Å². The van der Waals surface area contributed by atoms with E-state index in [-0.39, 0.29) is 12.4 Å². The minimum absolute atomic E-state index is 0. The first kappa shape index (κ1) is 16.4. The predicted molar refractivity (Wildman–Crippen MR) is 88.4 cm³/mol. The van der Waals surface area contributed by atoms with Crippen molar-refractivity contribution >= 4 is 35.0 Å². The Labute approximate surface area is 135 Å². The van der Waals surface area contributed by atoms with E-state index in [1.165, 1.54) is 16.5 Å². The average molecular weight is 328 g/mol. The molecule has 0 radical (unpaired) electrons. The third-order valence-electron chi connectivity index (χ3n) is 3.73. The van der Waals surface area contributed by atoms with Crippen molar-refractivity contribution in [3.05, 3.63) is 46.7 Å². The van der Waals surface area contributed by atoms with E-state index >= 15 is 0 Å². The highest BCUT2D eigenvalue weighted by Crippen LogP contribution is 2.36. The number of furan rings is 1. The first-order valence-corrected chi connectivity index (χ1v) is 7.17. The lowest BCUT2D eigenvalue weighted by atomic mass is 10.0. The number of halogens is 2. The summed E-state index contributed by atoms with van der Waals surface area (Å²) in [5, 5.41) is 2.01. The monoisotopic (exact) mass is 327 g/mol. The highest BCUT2D eigenvalue weighted by atomic mass is 35.5. The zero-order chi connectivity index (χ0) is 14.1. The van der Waals surface area contributed by atoms with Crippen molar-refractivity contribution in [3.63, 3.8) is 0 Å². The number of hydrogen-bond acceptors (Lipinski definition) is 3. The lowest BCUT2D eigenvalue weighted by Gasteiger charge is -2.13. The summed E-state index contributed by atoms with van der Waals surface area (Å²) in [6.45, 7) is 6.53. The molecule has 5 heteroatoms. The minimum atomic E-state index is 0. The van der Waals surface area contributed by atoms with Crippen LogP contribution in [0.15, 0.2) is 29.2 Å². The van der Waals surface area contributed by atoms with E-state index in [1.54, 1.807) is 6.08 Å². The van der Waals surface area contributed by atoms with Crippen molar-refractivity contribution in [2.24, 2.45) is 0 Å². The van der Waals surface area contributed by atoms with E-state index in [1.807, 2.05) is 12.1 Å². The summed E-state index contributed by atoms with van der Waals surface area (Å²) < 4.78 is 11.5. The summed E-state index contributed by atoms with van der Waals surface area (Å²) in [4.78, 5) is 2.29. The molecule has 0 aliphatic carbocycles. The van der Waals surface area contributed by atoms with Crippen LogP contribution in [-0.4, -0.2) is 25.1 Å². The first-order valence-electron chi connectivity index (χ1n) is 6.79. The third kappa shape index (κ3) is 3.11. The third-order valence-corrected chi connectivity index (χ3v) is 4.08. The van der Waals surface area contributed by atoms with Crippen LogP contribution in [0.2, 0.25) is 5.02 Å². The molecule has 0 N–H and O–H groups in total. The van der Waals surface area contributed by atoms with Crippen molar-refractivity contribution < 1.29 is 9.15 Å². The van der Waals surface area contributed by atoms with Gasteiger partial charge in [0.2, 0.25) is 0 Å². The predicted octanol–water partition coefficient (Wildman–Crippen LogP) is 4.20. The van der Waals surface area contributed by atoms with E-state index in [0.29, 0.717) is 13.2 Å². The van der Waals surface area contributed by atoms with Gasteiger partial charge in [0.25, 0.3) is 0 Å². The van der Waals surface area contributed by atoms with Gasteiger partial charge >= 0.3 is 0 Å². The molecule has 0 unspecified atom stereocenters. The SMILES string of the molecule is C=CCOCc1oc2ccc(Cl)c3c2c1CN(C)CC3.Cl. The van der Waals surface area contributed by atoms with Crippen molar-refractivity contribution in [1.29, 1.82) is 0 Å². The summed E-state index contributed by atoms with van der Waals surface area (Å²) >= 11 is 6.36. The zero-order valence-electron chi connectivity index (χ0n) is 12.0. The Bertz CT molecular complexity index is 651. The Hall–Kier alpha value is -1.00. The largest absolute Gasteiger partial charge is 0.458 e. The van der Waals surface area contributed by atoms with Crippen LogP contribution in [0.4, 0.5) is 0 Å². The summed E-state index contributed by atoms with van der Waals surface area (Å²) in [5.41, 5.74) is 3.32. The van der Waals surface area contributed by atoms with Crippen LogP contribution < -0.4 is 0 Å². The Morgan fingerprint density at radius 3 is 3.00 bits per heavy atom. The Morgan fingerprint density at radius 2 is 2.24 bits per heavy atom. The van der Waals surface area contributed by atoms with Gasteiger partial charge < -0.3 is 14.1 Å². The lowest BCUT2D eigenvalue weighted by Crippen LogP contribution is -2.19. The molecule has 114 valence electrons. The van der Waals surface area contributed by atoms with Gasteiger partial charge in [-0.05, 0) is 31.2 Å². The number of likely N-dealkylation sites (N-methyl/N-ethyl adjacent to an activating group) is 1. The van der Waals surface area contributed by atoms with Gasteiger partial charge in [-0.3, -0.25) is 0 Å². The van der Waals surface area contributed by atoms with Gasteiger partial charge in [0.05, 0.1) is 6.61 Å². The van der Waals surface area contributed by atoms with Crippen LogP contribution in [0.3, 0.4) is 0 Å². The Balaban J connectivity index is 0.00000161. The zero-order valence-corrected chi connectivity index (χ0v) is 13.6. The fraction of sp³-hybridized carbons (Fsp3) is 0.375. The summed E-state index contributed by atoms with van der Waals surface area (Å²) in [6, 6.07) is 3.87. The molecule has 1 aliphatic heterocycles. The van der Waals surface area contributed by atoms with Crippen LogP contribution in [0.1, 0.15) is 16.9 Å². The van der Waals surface area contributed by atoms with E-state index in [4.69, 9.17) is 20.8 Å². The van der Waals surface area contributed by atoms with E-state index < -0.39 is 0 Å². The molecule has 3 nitrogen and oxygen atoms in total. The number of benzene rings is 1. The number of hydrogen-bond donors (Lipinski definition) is 0. The van der Waals surface area contributed by atoms with Crippen molar-refractivity contribution in [1.82, 2.24) is 4.90 Å². The van der Waals surface area contributed by atoms with Gasteiger partial charge in [-0.1, -0.05) is 17.7 Å². The maximum Gasteiger partial charge on any atom is 0.135 e. The van der Waals surface area contributed by atoms with Gasteiger partial charge in [0.1, 0.15) is 18.0 Å². The molecule has 0 bridgehead atoms. The Morgan fingerprint density at radius 1 is 1.43 bits per heavy atom. The molecule has 0 spiro atoms. The topological polar surface area (TPSA) is 25.6 Å². The molecular formula is C16H19Cl2NO2. The van der Waals surface area contributed by atoms with Gasteiger partial charge in [-0.15, -0.1) is 19.0 Å². The molecule has 0 atom stereocenters. The Kier molecular flexibility index (Phi) is 5.33. The molecule has 2 aromatic rings. The summed E-state index contributed by atoms with van der Waals surface area (Å²) in [6.07, 6.45) is 2.70. The lowest BCUT2D eigenvalue weighted by molar-refractivity contribution is 0.131. The van der Waals surface area contributed by atoms with E-state index in [2.05, 4.69) is 18.5 Å². The highest BCUT2D eigenvalue weighted by Gasteiger charge is 2.23. The molecule has 3 rings (SSSR count). The highest BCUT2D eigenvalue weighted by molar-refractivity contribution is 6.32. The maximum atomic E-state index is 6.36. The number of rotatable bonds is 4. The number of ether oxygens (including phenoxy) is 1. The average Bonchev–Trinajstić information content (AvgIpc) is 2.65. The van der Waals surface area contributed by atoms with Crippen LogP contribution in [-0.2, 0) is 24.3 Å². The van der Waals surface area contributed by atoms with Crippen LogP contribution in [0, 0.1) is 0 Å². The molecule has 0 saturated carbocycles. The van der Waals surface area contributed by atoms with Crippen molar-refractivity contribution in [2.45, 2.75) is 19.6 Å². The molecule has 0 amide bonds. The molecule has 0 fully saturated rings. The molecule has 1 aromatic heterocycles. The van der Waals surface area contributed by atoms with Gasteiger partial charge in [0.15, 0.2) is 0 Å². The van der Waals surface area contributed by atoms with Gasteiger partial charge in [-0.2, -0.15) is 0 Å². The number of nitrogens with zero attached hydrogens (tertiary/aromatic N) is 1. The second-order valence-corrected chi connectivity index (χ2v) is 5.60. The summed E-state index contributed by atoms with van der Waals surface area (Å²) in [5.74, 6) is 0.902. The molecule has 1 aromatic carbocycles. The molecule has 21 heavy (non-hydrogen) atoms. The quantitative estimate of drug-likeness (QED) is 0.621. The standard InChI is InChI=1S/C16H18ClNO2.ClH/c1-3-8-19-10-15-12-9-18(2)7-6-11-13(17)4-5-14(20-15)16(11)12;/h3-5H,1,6-10H2,2H3;1H. The van der Waals surface area contributed by atoms with E-state index in [9.17, 15) is 0 Å². The second-order valence-electron chi connectivity index (χ2n) is 5.19.